The Balaban J connectivity index is 2.35. The van der Waals surface area contributed by atoms with Gasteiger partial charge in [-0.25, -0.2) is 0 Å². The van der Waals surface area contributed by atoms with E-state index >= 15 is 0 Å². The monoisotopic (exact) mass is 291 g/mol. The van der Waals surface area contributed by atoms with Crippen molar-refractivity contribution in [1.82, 2.24) is 5.32 Å². The molecule has 0 aliphatic carbocycles. The van der Waals surface area contributed by atoms with Crippen LogP contribution in [0.5, 0.6) is 5.75 Å². The van der Waals surface area contributed by atoms with Crippen LogP contribution in [-0.2, 0) is 0 Å². The van der Waals surface area contributed by atoms with Gasteiger partial charge in [0.15, 0.2) is 0 Å². The molecule has 0 fully saturated rings. The van der Waals surface area contributed by atoms with Crippen molar-refractivity contribution in [2.75, 3.05) is 13.2 Å². The van der Waals surface area contributed by atoms with E-state index in [0.29, 0.717) is 28.4 Å². The molecule has 0 bridgehead atoms. The molecule has 1 aromatic carbocycles. The average Bonchev–Trinajstić information content (AvgIpc) is 2.34. The molecular weight excluding hydrogens is 273 g/mol. The number of hydrogen-bond acceptors (Lipinski definition) is 3. The molecule has 0 radical (unpaired) electrons. The minimum Gasteiger partial charge on any atom is -0.489 e. The lowest BCUT2D eigenvalue weighted by molar-refractivity contribution is 0.104. The van der Waals surface area contributed by atoms with Gasteiger partial charge < -0.3 is 15.2 Å². The van der Waals surface area contributed by atoms with Gasteiger partial charge in [-0.2, -0.15) is 0 Å². The highest BCUT2D eigenvalue weighted by Crippen LogP contribution is 2.27. The summed E-state index contributed by atoms with van der Waals surface area (Å²) in [5.74, 6) is 0.531. The summed E-state index contributed by atoms with van der Waals surface area (Å²) < 4.78 is 5.44. The van der Waals surface area contributed by atoms with Gasteiger partial charge in [0.05, 0.1) is 5.02 Å². The van der Waals surface area contributed by atoms with E-state index in [4.69, 9.17) is 27.9 Å². The summed E-state index contributed by atoms with van der Waals surface area (Å²) in [7, 11) is 0. The molecule has 0 aliphatic heterocycles. The first-order valence-electron chi connectivity index (χ1n) is 6.02. The van der Waals surface area contributed by atoms with Crippen molar-refractivity contribution in [1.29, 1.82) is 0 Å². The van der Waals surface area contributed by atoms with Crippen molar-refractivity contribution in [2.24, 2.45) is 0 Å². The third-order valence-electron chi connectivity index (χ3n) is 2.64. The number of ether oxygens (including phenoxy) is 1. The van der Waals surface area contributed by atoms with E-state index < -0.39 is 6.10 Å². The zero-order chi connectivity index (χ0) is 13.5. The van der Waals surface area contributed by atoms with Gasteiger partial charge in [0.25, 0.3) is 0 Å². The van der Waals surface area contributed by atoms with E-state index in [0.717, 1.165) is 6.42 Å². The van der Waals surface area contributed by atoms with Gasteiger partial charge in [-0.3, -0.25) is 0 Å². The van der Waals surface area contributed by atoms with Crippen LogP contribution in [0.2, 0.25) is 10.0 Å². The van der Waals surface area contributed by atoms with Crippen molar-refractivity contribution in [3.8, 4) is 5.75 Å². The largest absolute Gasteiger partial charge is 0.489 e. The zero-order valence-corrected chi connectivity index (χ0v) is 12.1. The fourth-order valence-electron chi connectivity index (χ4n) is 1.32. The lowest BCUT2D eigenvalue weighted by Gasteiger charge is -2.16. The Morgan fingerprint density at radius 1 is 1.39 bits per heavy atom. The zero-order valence-electron chi connectivity index (χ0n) is 10.6. The van der Waals surface area contributed by atoms with E-state index in [2.05, 4.69) is 19.2 Å². The van der Waals surface area contributed by atoms with Crippen molar-refractivity contribution < 1.29 is 9.84 Å². The molecule has 18 heavy (non-hydrogen) atoms. The number of aliphatic hydroxyl groups is 1. The maximum atomic E-state index is 9.74. The lowest BCUT2D eigenvalue weighted by atomic mass is 10.2. The summed E-state index contributed by atoms with van der Waals surface area (Å²) in [5.41, 5.74) is 0. The minimum atomic E-state index is -0.564. The van der Waals surface area contributed by atoms with Crippen molar-refractivity contribution >= 4 is 23.2 Å². The Hall–Kier alpha value is -0.480. The fourth-order valence-corrected chi connectivity index (χ4v) is 1.78. The van der Waals surface area contributed by atoms with E-state index in [1.807, 2.05) is 0 Å². The second-order valence-electron chi connectivity index (χ2n) is 4.26. The molecule has 0 aromatic heterocycles. The first kappa shape index (κ1) is 15.6. The molecular formula is C13H19Cl2NO2. The normalized spacial score (nSPS) is 14.3. The minimum absolute atomic E-state index is 0.199. The Morgan fingerprint density at radius 2 is 2.11 bits per heavy atom. The van der Waals surface area contributed by atoms with Crippen molar-refractivity contribution in [2.45, 2.75) is 32.4 Å². The van der Waals surface area contributed by atoms with Crippen LogP contribution in [0.25, 0.3) is 0 Å². The maximum Gasteiger partial charge on any atom is 0.138 e. The van der Waals surface area contributed by atoms with E-state index in [1.165, 1.54) is 0 Å². The van der Waals surface area contributed by atoms with Crippen LogP contribution in [0.1, 0.15) is 20.3 Å². The van der Waals surface area contributed by atoms with Gasteiger partial charge in [0, 0.05) is 17.6 Å². The number of halogens is 2. The molecule has 0 amide bonds. The second-order valence-corrected chi connectivity index (χ2v) is 5.10. The van der Waals surface area contributed by atoms with Gasteiger partial charge >= 0.3 is 0 Å². The third kappa shape index (κ3) is 5.44. The van der Waals surface area contributed by atoms with E-state index in [1.54, 1.807) is 18.2 Å². The Bertz CT molecular complexity index is 374. The molecule has 0 saturated heterocycles. The molecule has 0 spiro atoms. The van der Waals surface area contributed by atoms with Crippen LogP contribution in [0.15, 0.2) is 18.2 Å². The summed E-state index contributed by atoms with van der Waals surface area (Å²) in [6, 6.07) is 5.40. The molecule has 0 heterocycles. The Kier molecular flexibility index (Phi) is 6.79. The Morgan fingerprint density at radius 3 is 2.72 bits per heavy atom. The molecule has 1 aromatic rings. The summed E-state index contributed by atoms with van der Waals surface area (Å²) >= 11 is 11.7. The van der Waals surface area contributed by atoms with Crippen LogP contribution in [0.4, 0.5) is 0 Å². The summed E-state index contributed by atoms with van der Waals surface area (Å²) in [5, 5.41) is 14.0. The summed E-state index contributed by atoms with van der Waals surface area (Å²) in [4.78, 5) is 0. The van der Waals surface area contributed by atoms with Crippen LogP contribution in [-0.4, -0.2) is 30.4 Å². The molecule has 2 N–H and O–H groups in total. The highest BCUT2D eigenvalue weighted by Gasteiger charge is 2.09. The molecule has 3 nitrogen and oxygen atoms in total. The first-order chi connectivity index (χ1) is 8.52. The van der Waals surface area contributed by atoms with Gasteiger partial charge in [-0.1, -0.05) is 30.1 Å². The quantitative estimate of drug-likeness (QED) is 0.811. The highest BCUT2D eigenvalue weighted by atomic mass is 35.5. The van der Waals surface area contributed by atoms with Crippen LogP contribution < -0.4 is 10.1 Å². The van der Waals surface area contributed by atoms with Crippen molar-refractivity contribution in [3.05, 3.63) is 28.2 Å². The number of aliphatic hydroxyl groups excluding tert-OH is 1. The van der Waals surface area contributed by atoms with E-state index in [9.17, 15) is 5.11 Å². The highest BCUT2D eigenvalue weighted by molar-refractivity contribution is 6.35. The topological polar surface area (TPSA) is 41.5 Å². The molecule has 5 heteroatoms. The predicted octanol–water partition coefficient (Wildman–Crippen LogP) is 3.12. The van der Waals surface area contributed by atoms with Gasteiger partial charge in [-0.05, 0) is 31.5 Å². The number of benzene rings is 1. The number of rotatable bonds is 7. The fraction of sp³-hybridized carbons (Fsp3) is 0.538. The SMILES string of the molecule is CCC(C)NCC(O)COc1ccc(Cl)cc1Cl. The lowest BCUT2D eigenvalue weighted by Crippen LogP contribution is -2.36. The molecule has 2 atom stereocenters. The number of nitrogens with one attached hydrogen (secondary N) is 1. The third-order valence-corrected chi connectivity index (χ3v) is 3.17. The van der Waals surface area contributed by atoms with Crippen LogP contribution >= 0.6 is 23.2 Å². The van der Waals surface area contributed by atoms with Gasteiger partial charge in [0.2, 0.25) is 0 Å². The predicted molar refractivity (Wildman–Crippen MR) is 75.7 cm³/mol. The average molecular weight is 292 g/mol. The van der Waals surface area contributed by atoms with Gasteiger partial charge in [-0.15, -0.1) is 0 Å². The van der Waals surface area contributed by atoms with Gasteiger partial charge in [0.1, 0.15) is 18.5 Å². The van der Waals surface area contributed by atoms with Crippen LogP contribution in [0.3, 0.4) is 0 Å². The molecule has 1 rings (SSSR count). The number of hydrogen-bond donors (Lipinski definition) is 2. The summed E-state index contributed by atoms with van der Waals surface area (Å²) in [6.07, 6.45) is 0.460. The molecule has 0 saturated carbocycles. The maximum absolute atomic E-state index is 9.74. The van der Waals surface area contributed by atoms with Crippen molar-refractivity contribution in [3.63, 3.8) is 0 Å². The molecule has 102 valence electrons. The smallest absolute Gasteiger partial charge is 0.138 e. The Labute approximate surface area is 118 Å². The van der Waals surface area contributed by atoms with E-state index in [-0.39, 0.29) is 6.61 Å². The molecule has 2 unspecified atom stereocenters. The first-order valence-corrected chi connectivity index (χ1v) is 6.77. The standard InChI is InChI=1S/C13H19Cl2NO2/c1-3-9(2)16-7-11(17)8-18-13-5-4-10(14)6-12(13)15/h4-6,9,11,16-17H,3,7-8H2,1-2H3. The second kappa shape index (κ2) is 7.85. The molecule has 0 aliphatic rings. The summed E-state index contributed by atoms with van der Waals surface area (Å²) in [6.45, 7) is 4.86. The van der Waals surface area contributed by atoms with Crippen LogP contribution in [0, 0.1) is 0 Å².